The number of aryl methyl sites for hydroxylation is 1. The zero-order valence-electron chi connectivity index (χ0n) is 13.5. The molecule has 3 N–H and O–H groups in total. The first-order chi connectivity index (χ1) is 11.8. The van der Waals surface area contributed by atoms with Gasteiger partial charge in [0, 0.05) is 5.56 Å². The summed E-state index contributed by atoms with van der Waals surface area (Å²) in [6.45, 7) is 1.50. The van der Waals surface area contributed by atoms with Crippen molar-refractivity contribution >= 4 is 17.8 Å². The fourth-order valence-corrected chi connectivity index (χ4v) is 2.07. The van der Waals surface area contributed by atoms with Crippen LogP contribution in [-0.2, 0) is 9.59 Å². The summed E-state index contributed by atoms with van der Waals surface area (Å²) in [5.74, 6) is -2.62. The molecule has 0 spiro atoms. The third-order valence-corrected chi connectivity index (χ3v) is 3.33. The maximum absolute atomic E-state index is 12.2. The van der Waals surface area contributed by atoms with E-state index in [4.69, 9.17) is 19.4 Å². The lowest BCUT2D eigenvalue weighted by Crippen LogP contribution is -2.42. The van der Waals surface area contributed by atoms with Crippen LogP contribution in [0.5, 0.6) is 5.75 Å². The Balaban J connectivity index is 2.21. The van der Waals surface area contributed by atoms with Gasteiger partial charge in [0.2, 0.25) is 5.89 Å². The van der Waals surface area contributed by atoms with Crippen molar-refractivity contribution in [3.63, 3.8) is 0 Å². The van der Waals surface area contributed by atoms with Crippen molar-refractivity contribution in [2.45, 2.75) is 19.4 Å². The summed E-state index contributed by atoms with van der Waals surface area (Å²) in [4.78, 5) is 38.0. The van der Waals surface area contributed by atoms with Crippen molar-refractivity contribution in [3.05, 3.63) is 35.7 Å². The van der Waals surface area contributed by atoms with E-state index < -0.39 is 30.3 Å². The average Bonchev–Trinajstić information content (AvgIpc) is 2.95. The van der Waals surface area contributed by atoms with E-state index in [1.165, 1.54) is 14.0 Å². The van der Waals surface area contributed by atoms with Crippen molar-refractivity contribution in [3.8, 4) is 17.2 Å². The molecule has 2 rings (SSSR count). The van der Waals surface area contributed by atoms with E-state index in [2.05, 4.69) is 10.3 Å². The summed E-state index contributed by atoms with van der Waals surface area (Å²) in [5, 5.41) is 19.8. The second-order valence-electron chi connectivity index (χ2n) is 5.11. The molecule has 0 saturated heterocycles. The Bertz CT molecular complexity index is 795. The van der Waals surface area contributed by atoms with Crippen molar-refractivity contribution < 1.29 is 33.8 Å². The van der Waals surface area contributed by atoms with Crippen LogP contribution in [0, 0.1) is 6.92 Å². The highest BCUT2D eigenvalue weighted by Gasteiger charge is 2.26. The van der Waals surface area contributed by atoms with Crippen molar-refractivity contribution in [1.29, 1.82) is 0 Å². The number of aliphatic carboxylic acids is 2. The summed E-state index contributed by atoms with van der Waals surface area (Å²) >= 11 is 0. The number of rotatable bonds is 7. The number of oxazole rings is 1. The number of carboxylic acid groups (broad SMARTS) is 2. The van der Waals surface area contributed by atoms with E-state index in [-0.39, 0.29) is 17.3 Å². The predicted octanol–water partition coefficient (Wildman–Crippen LogP) is 1.32. The van der Waals surface area contributed by atoms with Gasteiger partial charge >= 0.3 is 11.9 Å². The van der Waals surface area contributed by atoms with E-state index in [0.29, 0.717) is 11.3 Å². The molecule has 0 fully saturated rings. The number of hydrogen-bond donors (Lipinski definition) is 3. The van der Waals surface area contributed by atoms with Gasteiger partial charge in [-0.15, -0.1) is 0 Å². The standard InChI is InChI=1S/C16H16N2O7/c1-8-13(14(21)17-11(16(22)23)7-12(19)20)18-15(25-8)9-3-5-10(24-2)6-4-9/h3-6,11H,7H2,1-2H3,(H,17,21)(H,19,20)(H,22,23). The first-order valence-electron chi connectivity index (χ1n) is 7.19. The molecule has 2 aromatic rings. The van der Waals surface area contributed by atoms with Gasteiger partial charge in [-0.25, -0.2) is 9.78 Å². The van der Waals surface area contributed by atoms with Crippen molar-refractivity contribution in [1.82, 2.24) is 10.3 Å². The molecule has 0 aliphatic rings. The summed E-state index contributed by atoms with van der Waals surface area (Å²) in [6.07, 6.45) is -0.747. The van der Waals surface area contributed by atoms with Gasteiger partial charge in [-0.05, 0) is 31.2 Å². The minimum absolute atomic E-state index is 0.109. The van der Waals surface area contributed by atoms with Crippen LogP contribution < -0.4 is 10.1 Å². The molecule has 9 nitrogen and oxygen atoms in total. The molecule has 1 atom stereocenters. The summed E-state index contributed by atoms with van der Waals surface area (Å²) in [6, 6.07) is 5.21. The van der Waals surface area contributed by atoms with Crippen LogP contribution in [0.2, 0.25) is 0 Å². The molecule has 132 valence electrons. The van der Waals surface area contributed by atoms with Gasteiger partial charge < -0.3 is 24.7 Å². The molecular formula is C16H16N2O7. The van der Waals surface area contributed by atoms with Gasteiger partial charge in [-0.1, -0.05) is 0 Å². The third-order valence-electron chi connectivity index (χ3n) is 3.33. The molecule has 1 amide bonds. The number of ether oxygens (including phenoxy) is 1. The number of carbonyl (C=O) groups is 3. The van der Waals surface area contributed by atoms with E-state index in [9.17, 15) is 14.4 Å². The summed E-state index contributed by atoms with van der Waals surface area (Å²) < 4.78 is 10.5. The third kappa shape index (κ3) is 4.34. The SMILES string of the molecule is COc1ccc(-c2nc(C(=O)NC(CC(=O)O)C(=O)O)c(C)o2)cc1. The molecule has 0 aliphatic heterocycles. The molecule has 1 heterocycles. The van der Waals surface area contributed by atoms with Gasteiger partial charge in [0.1, 0.15) is 17.6 Å². The number of nitrogens with one attached hydrogen (secondary N) is 1. The van der Waals surface area contributed by atoms with Crippen LogP contribution in [0.1, 0.15) is 22.7 Å². The second-order valence-corrected chi connectivity index (χ2v) is 5.11. The van der Waals surface area contributed by atoms with Gasteiger partial charge in [-0.3, -0.25) is 9.59 Å². The van der Waals surface area contributed by atoms with Crippen LogP contribution in [0.3, 0.4) is 0 Å². The number of carboxylic acids is 2. The highest BCUT2D eigenvalue weighted by molar-refractivity contribution is 5.96. The topological polar surface area (TPSA) is 139 Å². The zero-order valence-corrected chi connectivity index (χ0v) is 13.5. The van der Waals surface area contributed by atoms with Crippen molar-refractivity contribution in [2.75, 3.05) is 7.11 Å². The Morgan fingerprint density at radius 1 is 1.24 bits per heavy atom. The minimum atomic E-state index is -1.56. The number of nitrogens with zero attached hydrogens (tertiary/aromatic N) is 1. The van der Waals surface area contributed by atoms with E-state index in [0.717, 1.165) is 0 Å². The van der Waals surface area contributed by atoms with Gasteiger partial charge in [0.15, 0.2) is 5.69 Å². The predicted molar refractivity (Wildman–Crippen MR) is 84.4 cm³/mol. The number of hydrogen-bond acceptors (Lipinski definition) is 6. The van der Waals surface area contributed by atoms with Crippen LogP contribution in [0.4, 0.5) is 0 Å². The monoisotopic (exact) mass is 348 g/mol. The molecular weight excluding hydrogens is 332 g/mol. The molecule has 1 aromatic carbocycles. The van der Waals surface area contributed by atoms with Gasteiger partial charge in [-0.2, -0.15) is 0 Å². The smallest absolute Gasteiger partial charge is 0.326 e. The summed E-state index contributed by atoms with van der Waals surface area (Å²) in [5.41, 5.74) is 0.491. The largest absolute Gasteiger partial charge is 0.497 e. The lowest BCUT2D eigenvalue weighted by atomic mass is 10.2. The number of amides is 1. The molecule has 1 unspecified atom stereocenters. The van der Waals surface area contributed by atoms with Gasteiger partial charge in [0.25, 0.3) is 5.91 Å². The lowest BCUT2D eigenvalue weighted by Gasteiger charge is -2.11. The summed E-state index contributed by atoms with van der Waals surface area (Å²) in [7, 11) is 1.53. The highest BCUT2D eigenvalue weighted by atomic mass is 16.5. The molecule has 0 saturated carbocycles. The number of aromatic nitrogens is 1. The Morgan fingerprint density at radius 3 is 2.40 bits per heavy atom. The molecule has 0 aliphatic carbocycles. The van der Waals surface area contributed by atoms with Gasteiger partial charge in [0.05, 0.1) is 13.5 Å². The first kappa shape index (κ1) is 18.0. The van der Waals surface area contributed by atoms with E-state index >= 15 is 0 Å². The number of methoxy groups -OCH3 is 1. The molecule has 9 heteroatoms. The van der Waals surface area contributed by atoms with E-state index in [1.807, 2.05) is 0 Å². The van der Waals surface area contributed by atoms with Crippen LogP contribution >= 0.6 is 0 Å². The zero-order chi connectivity index (χ0) is 18.6. The van der Waals surface area contributed by atoms with Crippen LogP contribution in [0.15, 0.2) is 28.7 Å². The Hall–Kier alpha value is -3.36. The second kappa shape index (κ2) is 7.47. The molecule has 0 radical (unpaired) electrons. The fourth-order valence-electron chi connectivity index (χ4n) is 2.07. The van der Waals surface area contributed by atoms with E-state index in [1.54, 1.807) is 24.3 Å². The Morgan fingerprint density at radius 2 is 1.88 bits per heavy atom. The molecule has 25 heavy (non-hydrogen) atoms. The Labute approximate surface area is 142 Å². The highest BCUT2D eigenvalue weighted by Crippen LogP contribution is 2.24. The fraction of sp³-hybridized carbons (Fsp3) is 0.250. The first-order valence-corrected chi connectivity index (χ1v) is 7.19. The Kier molecular flexibility index (Phi) is 5.38. The molecule has 1 aromatic heterocycles. The maximum Gasteiger partial charge on any atom is 0.326 e. The number of benzene rings is 1. The quantitative estimate of drug-likeness (QED) is 0.681. The molecule has 0 bridgehead atoms. The van der Waals surface area contributed by atoms with Crippen LogP contribution in [0.25, 0.3) is 11.5 Å². The maximum atomic E-state index is 12.2. The minimum Gasteiger partial charge on any atom is -0.497 e. The average molecular weight is 348 g/mol. The lowest BCUT2D eigenvalue weighted by molar-refractivity contribution is -0.145. The van der Waals surface area contributed by atoms with Crippen molar-refractivity contribution in [2.24, 2.45) is 0 Å². The van der Waals surface area contributed by atoms with Crippen LogP contribution in [-0.4, -0.2) is 46.2 Å². The number of carbonyl (C=O) groups excluding carboxylic acids is 1. The normalized spacial score (nSPS) is 11.6.